The molecule has 1 unspecified atom stereocenters. The fraction of sp³-hybridized carbons (Fsp3) is 0.850. The normalized spacial score (nSPS) is 25.0. The third kappa shape index (κ3) is 7.00. The van der Waals surface area contributed by atoms with Crippen LogP contribution in [0.2, 0.25) is 0 Å². The van der Waals surface area contributed by atoms with Crippen molar-refractivity contribution in [2.45, 2.75) is 45.4 Å². The lowest BCUT2D eigenvalue weighted by Crippen LogP contribution is -2.41. The minimum Gasteiger partial charge on any atom is -0.377 e. The number of hydrogen-bond donors (Lipinski definition) is 1. The largest absolute Gasteiger partial charge is 0.377 e. The molecular formula is C20H37IN4O. The maximum atomic E-state index is 5.38. The Hall–Kier alpha value is -0.340. The standard InChI is InChI=1S/C20H36N4O.HI/c1-2-21-20(22-10-6-18-8-14-25-15-9-18)24-13-7-19(17-24)16-23-11-4-3-5-12-23;/h8,19H,2-7,9-17H2,1H3,(H,21,22);1H. The van der Waals surface area contributed by atoms with Gasteiger partial charge in [-0.2, -0.15) is 0 Å². The van der Waals surface area contributed by atoms with Crippen LogP contribution in [0.4, 0.5) is 0 Å². The summed E-state index contributed by atoms with van der Waals surface area (Å²) in [6.45, 7) is 11.9. The average Bonchev–Trinajstić information content (AvgIpc) is 3.11. The number of hydrogen-bond acceptors (Lipinski definition) is 3. The topological polar surface area (TPSA) is 40.1 Å². The average molecular weight is 476 g/mol. The summed E-state index contributed by atoms with van der Waals surface area (Å²) in [5.74, 6) is 1.93. The van der Waals surface area contributed by atoms with E-state index >= 15 is 0 Å². The van der Waals surface area contributed by atoms with Gasteiger partial charge in [0.25, 0.3) is 0 Å². The molecule has 0 aromatic heterocycles. The second-order valence-corrected chi connectivity index (χ2v) is 7.63. The molecule has 0 saturated carbocycles. The molecule has 2 saturated heterocycles. The summed E-state index contributed by atoms with van der Waals surface area (Å²) < 4.78 is 5.38. The molecule has 3 heterocycles. The number of piperidine rings is 1. The molecule has 0 bridgehead atoms. The smallest absolute Gasteiger partial charge is 0.193 e. The number of ether oxygens (including phenoxy) is 1. The number of guanidine groups is 1. The summed E-state index contributed by atoms with van der Waals surface area (Å²) in [5.41, 5.74) is 1.51. The Morgan fingerprint density at radius 3 is 2.85 bits per heavy atom. The monoisotopic (exact) mass is 476 g/mol. The van der Waals surface area contributed by atoms with Crippen LogP contribution in [0.3, 0.4) is 0 Å². The van der Waals surface area contributed by atoms with E-state index in [4.69, 9.17) is 9.73 Å². The lowest BCUT2D eigenvalue weighted by Gasteiger charge is -2.29. The van der Waals surface area contributed by atoms with Crippen molar-refractivity contribution in [2.75, 3.05) is 59.0 Å². The molecule has 3 aliphatic rings. The van der Waals surface area contributed by atoms with Crippen LogP contribution >= 0.6 is 24.0 Å². The molecule has 6 heteroatoms. The molecule has 0 radical (unpaired) electrons. The highest BCUT2D eigenvalue weighted by molar-refractivity contribution is 14.0. The lowest BCUT2D eigenvalue weighted by molar-refractivity contribution is 0.153. The lowest BCUT2D eigenvalue weighted by atomic mass is 10.1. The zero-order chi connectivity index (χ0) is 17.3. The summed E-state index contributed by atoms with van der Waals surface area (Å²) in [6.07, 6.45) is 9.90. The maximum Gasteiger partial charge on any atom is 0.193 e. The zero-order valence-corrected chi connectivity index (χ0v) is 18.7. The summed E-state index contributed by atoms with van der Waals surface area (Å²) in [5, 5.41) is 3.50. The molecule has 0 aliphatic carbocycles. The number of nitrogens with zero attached hydrogens (tertiary/aromatic N) is 3. The highest BCUT2D eigenvalue weighted by atomic mass is 127. The summed E-state index contributed by atoms with van der Waals surface area (Å²) in [4.78, 5) is 10.1. The van der Waals surface area contributed by atoms with Crippen molar-refractivity contribution in [1.82, 2.24) is 15.1 Å². The van der Waals surface area contributed by atoms with Crippen molar-refractivity contribution in [3.8, 4) is 0 Å². The number of rotatable bonds is 6. The summed E-state index contributed by atoms with van der Waals surface area (Å²) in [7, 11) is 0. The first-order valence-electron chi connectivity index (χ1n) is 10.4. The van der Waals surface area contributed by atoms with Crippen LogP contribution < -0.4 is 5.32 Å². The van der Waals surface area contributed by atoms with Crippen molar-refractivity contribution in [3.05, 3.63) is 11.6 Å². The number of halogens is 1. The van der Waals surface area contributed by atoms with Crippen LogP contribution in [-0.4, -0.2) is 74.8 Å². The van der Waals surface area contributed by atoms with E-state index < -0.39 is 0 Å². The van der Waals surface area contributed by atoms with Crippen molar-refractivity contribution >= 4 is 29.9 Å². The molecule has 0 aromatic carbocycles. The van der Waals surface area contributed by atoms with Gasteiger partial charge in [0.2, 0.25) is 0 Å². The molecule has 3 aliphatic heterocycles. The first-order valence-corrected chi connectivity index (χ1v) is 10.4. The van der Waals surface area contributed by atoms with Gasteiger partial charge >= 0.3 is 0 Å². The van der Waals surface area contributed by atoms with Crippen LogP contribution in [0.1, 0.15) is 45.4 Å². The Bertz CT molecular complexity index is 463. The Kier molecular flexibility index (Phi) is 10.3. The molecular weight excluding hydrogens is 439 g/mol. The second-order valence-electron chi connectivity index (χ2n) is 7.63. The third-order valence-electron chi connectivity index (χ3n) is 5.64. The highest BCUT2D eigenvalue weighted by Gasteiger charge is 2.26. The highest BCUT2D eigenvalue weighted by Crippen LogP contribution is 2.20. The predicted octanol–water partition coefficient (Wildman–Crippen LogP) is 3.11. The summed E-state index contributed by atoms with van der Waals surface area (Å²) in [6, 6.07) is 0. The van der Waals surface area contributed by atoms with E-state index in [9.17, 15) is 0 Å². The molecule has 0 aromatic rings. The third-order valence-corrected chi connectivity index (χ3v) is 5.64. The van der Waals surface area contributed by atoms with E-state index in [1.54, 1.807) is 0 Å². The predicted molar refractivity (Wildman–Crippen MR) is 120 cm³/mol. The van der Waals surface area contributed by atoms with Crippen molar-refractivity contribution in [1.29, 1.82) is 0 Å². The van der Waals surface area contributed by atoms with E-state index in [1.165, 1.54) is 57.4 Å². The molecule has 150 valence electrons. The number of nitrogens with one attached hydrogen (secondary N) is 1. The molecule has 0 spiro atoms. The molecule has 1 N–H and O–H groups in total. The minimum atomic E-state index is 0. The van der Waals surface area contributed by atoms with Gasteiger partial charge in [0, 0.05) is 32.7 Å². The SMILES string of the molecule is CCNC(=NCCC1=CCOCC1)N1CCC(CN2CCCCC2)C1.I. The van der Waals surface area contributed by atoms with Gasteiger partial charge in [-0.15, -0.1) is 24.0 Å². The number of aliphatic imine (C=N–C) groups is 1. The van der Waals surface area contributed by atoms with Gasteiger partial charge < -0.3 is 19.9 Å². The Morgan fingerprint density at radius 2 is 2.12 bits per heavy atom. The van der Waals surface area contributed by atoms with Crippen molar-refractivity contribution in [2.24, 2.45) is 10.9 Å². The quantitative estimate of drug-likeness (QED) is 0.277. The van der Waals surface area contributed by atoms with Gasteiger partial charge in [0.15, 0.2) is 5.96 Å². The van der Waals surface area contributed by atoms with Crippen LogP contribution in [0.5, 0.6) is 0 Å². The fourth-order valence-corrected chi connectivity index (χ4v) is 4.20. The Balaban J connectivity index is 0.00000243. The van der Waals surface area contributed by atoms with Gasteiger partial charge in [0.1, 0.15) is 0 Å². The minimum absolute atomic E-state index is 0. The van der Waals surface area contributed by atoms with Crippen LogP contribution in [0, 0.1) is 5.92 Å². The summed E-state index contributed by atoms with van der Waals surface area (Å²) >= 11 is 0. The Morgan fingerprint density at radius 1 is 1.27 bits per heavy atom. The van der Waals surface area contributed by atoms with Crippen LogP contribution in [0.25, 0.3) is 0 Å². The van der Waals surface area contributed by atoms with Crippen molar-refractivity contribution < 1.29 is 4.74 Å². The first-order chi connectivity index (χ1) is 12.3. The fourth-order valence-electron chi connectivity index (χ4n) is 4.20. The van der Waals surface area contributed by atoms with Crippen molar-refractivity contribution in [3.63, 3.8) is 0 Å². The van der Waals surface area contributed by atoms with E-state index in [0.29, 0.717) is 0 Å². The van der Waals surface area contributed by atoms with Crippen LogP contribution in [-0.2, 0) is 4.74 Å². The van der Waals surface area contributed by atoms with Gasteiger partial charge in [-0.05, 0) is 58.0 Å². The van der Waals surface area contributed by atoms with E-state index in [2.05, 4.69) is 28.1 Å². The molecule has 1 atom stereocenters. The molecule has 0 amide bonds. The molecule has 2 fully saturated rings. The number of likely N-dealkylation sites (tertiary alicyclic amines) is 2. The zero-order valence-electron chi connectivity index (χ0n) is 16.4. The molecule has 3 rings (SSSR count). The van der Waals surface area contributed by atoms with E-state index in [0.717, 1.165) is 57.6 Å². The van der Waals surface area contributed by atoms with E-state index in [-0.39, 0.29) is 24.0 Å². The molecule has 26 heavy (non-hydrogen) atoms. The van der Waals surface area contributed by atoms with Gasteiger partial charge in [-0.3, -0.25) is 4.99 Å². The van der Waals surface area contributed by atoms with Gasteiger partial charge in [0.05, 0.1) is 13.2 Å². The maximum absolute atomic E-state index is 5.38. The molecule has 5 nitrogen and oxygen atoms in total. The van der Waals surface area contributed by atoms with Crippen LogP contribution in [0.15, 0.2) is 16.6 Å². The Labute approximate surface area is 176 Å². The first kappa shape index (κ1) is 22.0. The second kappa shape index (κ2) is 12.2. The van der Waals surface area contributed by atoms with E-state index in [1.807, 2.05) is 0 Å². The van der Waals surface area contributed by atoms with Gasteiger partial charge in [-0.1, -0.05) is 18.1 Å². The van der Waals surface area contributed by atoms with Gasteiger partial charge in [-0.25, -0.2) is 0 Å².